The first-order valence-corrected chi connectivity index (χ1v) is 13.3. The van der Waals surface area contributed by atoms with Crippen molar-refractivity contribution in [2.45, 2.75) is 71.5 Å². The molecule has 0 spiro atoms. The molecule has 1 fully saturated rings. The fourth-order valence-corrected chi connectivity index (χ4v) is 5.17. The van der Waals surface area contributed by atoms with Gasteiger partial charge in [0.1, 0.15) is 11.8 Å². The van der Waals surface area contributed by atoms with Crippen LogP contribution in [0.3, 0.4) is 0 Å². The van der Waals surface area contributed by atoms with Crippen LogP contribution in [0.1, 0.15) is 53.5 Å². The molecule has 1 aliphatic rings. The molecule has 0 aromatic heterocycles. The lowest BCUT2D eigenvalue weighted by Gasteiger charge is -2.32. The Morgan fingerprint density at radius 1 is 0.865 bits per heavy atom. The van der Waals surface area contributed by atoms with E-state index >= 15 is 0 Å². The van der Waals surface area contributed by atoms with Crippen LogP contribution < -0.4 is 10.1 Å². The summed E-state index contributed by atoms with van der Waals surface area (Å²) in [6, 6.07) is 23.5. The fraction of sp³-hybridized carbons (Fsp3) is 0.375. The highest BCUT2D eigenvalue weighted by Gasteiger charge is 2.32. The molecule has 4 rings (SSSR count). The van der Waals surface area contributed by atoms with Crippen LogP contribution in [0.25, 0.3) is 0 Å². The number of ether oxygens (including phenoxy) is 1. The quantitative estimate of drug-likeness (QED) is 0.391. The van der Waals surface area contributed by atoms with Gasteiger partial charge in [-0.15, -0.1) is 0 Å². The number of aryl methyl sites for hydroxylation is 3. The zero-order chi connectivity index (χ0) is 26.2. The van der Waals surface area contributed by atoms with Crippen molar-refractivity contribution in [2.75, 3.05) is 6.61 Å². The smallest absolute Gasteiger partial charge is 0.261 e. The third-order valence-electron chi connectivity index (χ3n) is 6.97. The van der Waals surface area contributed by atoms with Crippen molar-refractivity contribution in [1.29, 1.82) is 0 Å². The molecule has 1 N–H and O–H groups in total. The molecule has 1 aliphatic carbocycles. The van der Waals surface area contributed by atoms with Crippen molar-refractivity contribution in [3.63, 3.8) is 0 Å². The lowest BCUT2D eigenvalue weighted by molar-refractivity contribution is -0.143. The minimum Gasteiger partial charge on any atom is -0.484 e. The highest BCUT2D eigenvalue weighted by Crippen LogP contribution is 2.21. The van der Waals surface area contributed by atoms with Gasteiger partial charge in [-0.1, -0.05) is 79.1 Å². The third kappa shape index (κ3) is 7.69. The lowest BCUT2D eigenvalue weighted by atomic mass is 10.0. The second kappa shape index (κ2) is 12.6. The molecule has 3 aromatic carbocycles. The Labute approximate surface area is 220 Å². The number of hydrogen-bond donors (Lipinski definition) is 1. The topological polar surface area (TPSA) is 58.6 Å². The van der Waals surface area contributed by atoms with Crippen molar-refractivity contribution in [1.82, 2.24) is 10.2 Å². The average molecular weight is 499 g/mol. The van der Waals surface area contributed by atoms with E-state index in [1.807, 2.05) is 81.4 Å². The maximum Gasteiger partial charge on any atom is 0.261 e. The van der Waals surface area contributed by atoms with E-state index in [1.165, 1.54) is 0 Å². The number of hydrogen-bond acceptors (Lipinski definition) is 3. The maximum atomic E-state index is 13.8. The van der Waals surface area contributed by atoms with Crippen LogP contribution >= 0.6 is 0 Å². The first kappa shape index (κ1) is 26.5. The van der Waals surface area contributed by atoms with Crippen LogP contribution in [0.5, 0.6) is 5.75 Å². The van der Waals surface area contributed by atoms with E-state index < -0.39 is 6.04 Å². The van der Waals surface area contributed by atoms with Gasteiger partial charge < -0.3 is 15.0 Å². The summed E-state index contributed by atoms with van der Waals surface area (Å²) >= 11 is 0. The standard InChI is InChI=1S/C32H38N2O3/c1-23-10-9-13-27(17-23)21-34(31(35)22-37-29-18-24(2)16-25(3)19-29)30(20-26-11-5-4-6-12-26)32(36)33-28-14-7-8-15-28/h4-6,9-13,16-19,28,30H,7-8,14-15,20-22H2,1-3H3,(H,33,36). The average Bonchev–Trinajstić information content (AvgIpc) is 3.38. The zero-order valence-corrected chi connectivity index (χ0v) is 22.2. The van der Waals surface area contributed by atoms with Gasteiger partial charge in [-0.2, -0.15) is 0 Å². The molecule has 0 bridgehead atoms. The van der Waals surface area contributed by atoms with Crippen LogP contribution in [0.15, 0.2) is 72.8 Å². The molecule has 5 nitrogen and oxygen atoms in total. The van der Waals surface area contributed by atoms with Gasteiger partial charge in [-0.3, -0.25) is 9.59 Å². The van der Waals surface area contributed by atoms with Crippen molar-refractivity contribution >= 4 is 11.8 Å². The minimum atomic E-state index is -0.640. The Kier molecular flexibility index (Phi) is 8.99. The second-order valence-electron chi connectivity index (χ2n) is 10.3. The molecule has 0 saturated heterocycles. The molecular weight excluding hydrogens is 460 g/mol. The summed E-state index contributed by atoms with van der Waals surface area (Å²) in [5.41, 5.74) is 5.29. The molecule has 1 saturated carbocycles. The van der Waals surface area contributed by atoms with Gasteiger partial charge in [0.05, 0.1) is 0 Å². The third-order valence-corrected chi connectivity index (χ3v) is 6.97. The Morgan fingerprint density at radius 2 is 1.54 bits per heavy atom. The van der Waals surface area contributed by atoms with Crippen molar-refractivity contribution in [3.8, 4) is 5.75 Å². The van der Waals surface area contributed by atoms with Crippen LogP contribution in [0.4, 0.5) is 0 Å². The highest BCUT2D eigenvalue weighted by molar-refractivity contribution is 5.88. The number of nitrogens with one attached hydrogen (secondary N) is 1. The molecule has 194 valence electrons. The molecular formula is C32H38N2O3. The van der Waals surface area contributed by atoms with Crippen LogP contribution in [-0.4, -0.2) is 35.4 Å². The first-order valence-electron chi connectivity index (χ1n) is 13.3. The summed E-state index contributed by atoms with van der Waals surface area (Å²) in [4.78, 5) is 29.2. The Bertz CT molecular complexity index is 1180. The van der Waals surface area contributed by atoms with E-state index in [1.54, 1.807) is 4.90 Å². The lowest BCUT2D eigenvalue weighted by Crippen LogP contribution is -2.53. The Balaban J connectivity index is 1.62. The van der Waals surface area contributed by atoms with Crippen LogP contribution in [0, 0.1) is 20.8 Å². The number of nitrogens with zero attached hydrogens (tertiary/aromatic N) is 1. The van der Waals surface area contributed by atoms with Crippen molar-refractivity contribution in [2.24, 2.45) is 0 Å². The van der Waals surface area contributed by atoms with E-state index in [0.717, 1.165) is 53.5 Å². The van der Waals surface area contributed by atoms with E-state index in [2.05, 4.69) is 17.4 Å². The number of carbonyl (C=O) groups is 2. The summed E-state index contributed by atoms with van der Waals surface area (Å²) in [5, 5.41) is 3.25. The summed E-state index contributed by atoms with van der Waals surface area (Å²) in [5.74, 6) is 0.364. The van der Waals surface area contributed by atoms with Gasteiger partial charge in [-0.25, -0.2) is 0 Å². The normalized spacial score (nSPS) is 14.2. The van der Waals surface area contributed by atoms with E-state index in [9.17, 15) is 9.59 Å². The number of benzene rings is 3. The predicted octanol–water partition coefficient (Wildman–Crippen LogP) is 5.69. The number of amides is 2. The molecule has 1 atom stereocenters. The monoisotopic (exact) mass is 498 g/mol. The highest BCUT2D eigenvalue weighted by atomic mass is 16.5. The summed E-state index contributed by atoms with van der Waals surface area (Å²) in [7, 11) is 0. The summed E-state index contributed by atoms with van der Waals surface area (Å²) < 4.78 is 5.96. The maximum absolute atomic E-state index is 13.8. The van der Waals surface area contributed by atoms with Gasteiger partial charge >= 0.3 is 0 Å². The van der Waals surface area contributed by atoms with E-state index in [4.69, 9.17) is 4.74 Å². The first-order chi connectivity index (χ1) is 17.9. The number of rotatable bonds is 10. The van der Waals surface area contributed by atoms with Gasteiger partial charge in [0, 0.05) is 19.0 Å². The fourth-order valence-electron chi connectivity index (χ4n) is 5.17. The SMILES string of the molecule is Cc1cccc(CN(C(=O)COc2cc(C)cc(C)c2)C(Cc2ccccc2)C(=O)NC2CCCC2)c1. The molecule has 37 heavy (non-hydrogen) atoms. The zero-order valence-electron chi connectivity index (χ0n) is 22.2. The summed E-state index contributed by atoms with van der Waals surface area (Å²) in [6.45, 7) is 6.26. The molecule has 3 aromatic rings. The van der Waals surface area contributed by atoms with Gasteiger partial charge in [0.15, 0.2) is 6.61 Å². The number of carbonyl (C=O) groups excluding carboxylic acids is 2. The predicted molar refractivity (Wildman–Crippen MR) is 147 cm³/mol. The molecule has 0 radical (unpaired) electrons. The van der Waals surface area contributed by atoms with E-state index in [0.29, 0.717) is 18.7 Å². The molecule has 2 amide bonds. The molecule has 5 heteroatoms. The Hall–Kier alpha value is -3.60. The largest absolute Gasteiger partial charge is 0.484 e. The van der Waals surface area contributed by atoms with Crippen LogP contribution in [0.2, 0.25) is 0 Å². The molecule has 1 unspecified atom stereocenters. The Morgan fingerprint density at radius 3 is 2.22 bits per heavy atom. The van der Waals surface area contributed by atoms with Gasteiger partial charge in [-0.05, 0) is 68.0 Å². The van der Waals surface area contributed by atoms with Gasteiger partial charge in [0.2, 0.25) is 5.91 Å². The van der Waals surface area contributed by atoms with Crippen molar-refractivity contribution in [3.05, 3.63) is 101 Å². The van der Waals surface area contributed by atoms with Crippen molar-refractivity contribution < 1.29 is 14.3 Å². The van der Waals surface area contributed by atoms with Crippen LogP contribution in [-0.2, 0) is 22.6 Å². The minimum absolute atomic E-state index is 0.0943. The summed E-state index contributed by atoms with van der Waals surface area (Å²) in [6.07, 6.45) is 4.69. The second-order valence-corrected chi connectivity index (χ2v) is 10.3. The van der Waals surface area contributed by atoms with E-state index in [-0.39, 0.29) is 24.5 Å². The van der Waals surface area contributed by atoms with Gasteiger partial charge in [0.25, 0.3) is 5.91 Å². The molecule has 0 aliphatic heterocycles. The molecule has 0 heterocycles.